The maximum Gasteiger partial charge on any atom is 0.292 e. The van der Waals surface area contributed by atoms with Crippen LogP contribution in [0.3, 0.4) is 0 Å². The Balaban J connectivity index is 2.57. The Morgan fingerprint density at radius 2 is 1.88 bits per heavy atom. The van der Waals surface area contributed by atoms with Crippen molar-refractivity contribution in [3.63, 3.8) is 0 Å². The smallest absolute Gasteiger partial charge is 0.292 e. The van der Waals surface area contributed by atoms with Gasteiger partial charge in [0.25, 0.3) is 5.91 Å². The summed E-state index contributed by atoms with van der Waals surface area (Å²) in [6, 6.07) is 6.57. The van der Waals surface area contributed by atoms with Crippen molar-refractivity contribution in [1.82, 2.24) is 5.32 Å². The van der Waals surface area contributed by atoms with Crippen LogP contribution >= 0.6 is 15.9 Å². The maximum atomic E-state index is 11.6. The molecule has 0 spiro atoms. The predicted octanol–water partition coefficient (Wildman–Crippen LogP) is 1.13. The molecule has 2 N–H and O–H groups in total. The Kier molecular flexibility index (Phi) is 5.14. The summed E-state index contributed by atoms with van der Waals surface area (Å²) in [4.78, 5) is 22.9. The number of nitrogens with one attached hydrogen (secondary N) is 1. The highest BCUT2D eigenvalue weighted by molar-refractivity contribution is 9.10. The molecule has 86 valence electrons. The minimum absolute atomic E-state index is 0.00719. The van der Waals surface area contributed by atoms with Crippen LogP contribution in [0.4, 0.5) is 0 Å². The lowest BCUT2D eigenvalue weighted by Crippen LogP contribution is -2.32. The highest BCUT2D eigenvalue weighted by atomic mass is 79.9. The molecular weight excluding hydrogens is 274 g/mol. The summed E-state index contributed by atoms with van der Waals surface area (Å²) in [5.41, 5.74) is 0.352. The van der Waals surface area contributed by atoms with Gasteiger partial charge in [-0.25, -0.2) is 0 Å². The first-order chi connectivity index (χ1) is 7.65. The molecule has 0 bridgehead atoms. The predicted molar refractivity (Wildman–Crippen MR) is 63.2 cm³/mol. The molecule has 0 aromatic heterocycles. The van der Waals surface area contributed by atoms with Crippen LogP contribution in [0.25, 0.3) is 0 Å². The monoisotopic (exact) mass is 285 g/mol. The maximum absolute atomic E-state index is 11.6. The van der Waals surface area contributed by atoms with E-state index in [1.165, 1.54) is 0 Å². The highest BCUT2D eigenvalue weighted by Crippen LogP contribution is 2.10. The van der Waals surface area contributed by atoms with Crippen LogP contribution in [0.1, 0.15) is 16.8 Å². The van der Waals surface area contributed by atoms with Crippen molar-refractivity contribution in [2.45, 2.75) is 6.42 Å². The highest BCUT2D eigenvalue weighted by Gasteiger charge is 2.14. The summed E-state index contributed by atoms with van der Waals surface area (Å²) in [7, 11) is 0. The summed E-state index contributed by atoms with van der Waals surface area (Å²) in [5.74, 6) is -1.21. The largest absolute Gasteiger partial charge is 0.396 e. The van der Waals surface area contributed by atoms with Crippen LogP contribution in [-0.2, 0) is 4.79 Å². The lowest BCUT2D eigenvalue weighted by molar-refractivity contribution is -0.117. The van der Waals surface area contributed by atoms with Gasteiger partial charge < -0.3 is 10.4 Å². The molecular formula is C11H12BrNO3. The summed E-state index contributed by atoms with van der Waals surface area (Å²) in [5, 5.41) is 11.0. The van der Waals surface area contributed by atoms with Crippen molar-refractivity contribution in [1.29, 1.82) is 0 Å². The van der Waals surface area contributed by atoms with Crippen LogP contribution < -0.4 is 5.32 Å². The summed E-state index contributed by atoms with van der Waals surface area (Å²) < 4.78 is 0.852. The van der Waals surface area contributed by atoms with Gasteiger partial charge in [-0.3, -0.25) is 9.59 Å². The number of Topliss-reactive ketones (excluding diaryl/α,β-unsaturated/α-hetero) is 1. The van der Waals surface area contributed by atoms with E-state index < -0.39 is 11.7 Å². The average Bonchev–Trinajstić information content (AvgIpc) is 2.29. The van der Waals surface area contributed by atoms with Crippen molar-refractivity contribution in [3.8, 4) is 0 Å². The van der Waals surface area contributed by atoms with Crippen molar-refractivity contribution in [2.24, 2.45) is 0 Å². The molecule has 0 aliphatic rings. The van der Waals surface area contributed by atoms with Crippen molar-refractivity contribution >= 4 is 27.6 Å². The molecule has 0 fully saturated rings. The van der Waals surface area contributed by atoms with Gasteiger partial charge in [-0.1, -0.05) is 15.9 Å². The fourth-order valence-corrected chi connectivity index (χ4v) is 1.36. The third-order valence-electron chi connectivity index (χ3n) is 1.93. The molecule has 1 amide bonds. The van der Waals surface area contributed by atoms with Gasteiger partial charge in [0.05, 0.1) is 0 Å². The SMILES string of the molecule is O=C(NCCCO)C(=O)c1ccc(Br)cc1. The van der Waals surface area contributed by atoms with E-state index in [1.54, 1.807) is 24.3 Å². The number of hydrogen-bond donors (Lipinski definition) is 2. The quantitative estimate of drug-likeness (QED) is 0.484. The average molecular weight is 286 g/mol. The lowest BCUT2D eigenvalue weighted by Gasteiger charge is -2.03. The van der Waals surface area contributed by atoms with E-state index in [9.17, 15) is 9.59 Å². The molecule has 0 radical (unpaired) electrons. The Labute approximate surface area is 102 Å². The van der Waals surface area contributed by atoms with E-state index in [0.717, 1.165) is 4.47 Å². The minimum atomic E-state index is -0.643. The molecule has 0 aliphatic carbocycles. The molecule has 0 heterocycles. The van der Waals surface area contributed by atoms with E-state index in [2.05, 4.69) is 21.2 Å². The number of benzene rings is 1. The number of hydrogen-bond acceptors (Lipinski definition) is 3. The summed E-state index contributed by atoms with van der Waals surface area (Å²) in [6.07, 6.45) is 0.444. The van der Waals surface area contributed by atoms with E-state index in [4.69, 9.17) is 5.11 Å². The van der Waals surface area contributed by atoms with Crippen molar-refractivity contribution < 1.29 is 14.7 Å². The van der Waals surface area contributed by atoms with Crippen LogP contribution in [-0.4, -0.2) is 29.9 Å². The summed E-state index contributed by atoms with van der Waals surface area (Å²) >= 11 is 3.24. The van der Waals surface area contributed by atoms with Crippen molar-refractivity contribution in [2.75, 3.05) is 13.2 Å². The molecule has 0 atom stereocenters. The second-order valence-electron chi connectivity index (χ2n) is 3.17. The Hall–Kier alpha value is -1.20. The molecule has 0 aliphatic heterocycles. The van der Waals surface area contributed by atoms with Crippen LogP contribution in [0.2, 0.25) is 0 Å². The number of aliphatic hydroxyl groups excluding tert-OH is 1. The number of carbonyl (C=O) groups excluding carboxylic acids is 2. The van der Waals surface area contributed by atoms with E-state index in [-0.39, 0.29) is 6.61 Å². The fraction of sp³-hybridized carbons (Fsp3) is 0.273. The molecule has 0 saturated carbocycles. The Morgan fingerprint density at radius 3 is 2.44 bits per heavy atom. The van der Waals surface area contributed by atoms with Crippen LogP contribution in [0, 0.1) is 0 Å². The third kappa shape index (κ3) is 3.75. The molecule has 1 aromatic rings. The van der Waals surface area contributed by atoms with Gasteiger partial charge in [0.15, 0.2) is 0 Å². The number of carbonyl (C=O) groups is 2. The number of amides is 1. The topological polar surface area (TPSA) is 66.4 Å². The van der Waals surface area contributed by atoms with Gasteiger partial charge in [0, 0.05) is 23.2 Å². The molecule has 16 heavy (non-hydrogen) atoms. The second kappa shape index (κ2) is 6.40. The van der Waals surface area contributed by atoms with E-state index >= 15 is 0 Å². The number of rotatable bonds is 5. The zero-order valence-electron chi connectivity index (χ0n) is 8.57. The molecule has 0 unspecified atom stereocenters. The van der Waals surface area contributed by atoms with Gasteiger partial charge in [-0.2, -0.15) is 0 Å². The normalized spacial score (nSPS) is 9.88. The number of aliphatic hydroxyl groups is 1. The lowest BCUT2D eigenvalue weighted by atomic mass is 10.1. The molecule has 1 aromatic carbocycles. The second-order valence-corrected chi connectivity index (χ2v) is 4.08. The Morgan fingerprint density at radius 1 is 1.25 bits per heavy atom. The summed E-state index contributed by atoms with van der Waals surface area (Å²) in [6.45, 7) is 0.296. The molecule has 1 rings (SSSR count). The van der Waals surface area contributed by atoms with E-state index in [1.807, 2.05) is 0 Å². The molecule has 4 nitrogen and oxygen atoms in total. The first kappa shape index (κ1) is 12.9. The zero-order valence-corrected chi connectivity index (χ0v) is 10.2. The Bertz CT molecular complexity index is 375. The van der Waals surface area contributed by atoms with Crippen molar-refractivity contribution in [3.05, 3.63) is 34.3 Å². The first-order valence-corrected chi connectivity index (χ1v) is 5.63. The molecule has 5 heteroatoms. The fourth-order valence-electron chi connectivity index (χ4n) is 1.09. The zero-order chi connectivity index (χ0) is 12.0. The van der Waals surface area contributed by atoms with Crippen LogP contribution in [0.5, 0.6) is 0 Å². The van der Waals surface area contributed by atoms with Gasteiger partial charge in [0.1, 0.15) is 0 Å². The minimum Gasteiger partial charge on any atom is -0.396 e. The van der Waals surface area contributed by atoms with Gasteiger partial charge >= 0.3 is 0 Å². The first-order valence-electron chi connectivity index (χ1n) is 4.84. The van der Waals surface area contributed by atoms with Crippen LogP contribution in [0.15, 0.2) is 28.7 Å². The van der Waals surface area contributed by atoms with Gasteiger partial charge in [0.2, 0.25) is 5.78 Å². The molecule has 0 saturated heterocycles. The van der Waals surface area contributed by atoms with Gasteiger partial charge in [-0.05, 0) is 30.7 Å². The standard InChI is InChI=1S/C11H12BrNO3/c12-9-4-2-8(3-5-9)10(15)11(16)13-6-1-7-14/h2-5,14H,1,6-7H2,(H,13,16). The third-order valence-corrected chi connectivity index (χ3v) is 2.46. The number of ketones is 1. The number of halogens is 1. The van der Waals surface area contributed by atoms with E-state index in [0.29, 0.717) is 18.5 Å². The van der Waals surface area contributed by atoms with Gasteiger partial charge in [-0.15, -0.1) is 0 Å².